The number of hydrogen-bond donors (Lipinski definition) is 0. The van der Waals surface area contributed by atoms with E-state index in [1.807, 2.05) is 123 Å². The molecular weight excluding hydrogens is 775 g/mol. The number of hydrogen-bond acceptors (Lipinski definition) is 8. The molecule has 0 amide bonds. The molecule has 0 saturated heterocycles. The Kier molecular flexibility index (Phi) is 9.39. The number of rotatable bonds is 8. The molecule has 0 radical (unpaired) electrons. The van der Waals surface area contributed by atoms with Crippen LogP contribution in [0.2, 0.25) is 0 Å². The standard InChI is InChI=1S/C54H37N9/c1-34-55-35(2)57-53(56-34)41-27-29-43-42-25-15-16-26-47(42)63(49(43)32-41)48-30-28-40(54-61-51(38-21-11-5-12-22-38)60-52(62-54)39-23-13-6-14-24-39)31-44(48)46-33-45(36-17-7-3-8-18-36)58-50(59-46)37-19-9-4-10-20-37/h3-33H,1-2H3. The highest BCUT2D eigenvalue weighted by Gasteiger charge is 2.22. The van der Waals surface area contributed by atoms with Crippen LogP contribution in [0.4, 0.5) is 0 Å². The maximum Gasteiger partial charge on any atom is 0.164 e. The Labute approximate surface area is 363 Å². The molecule has 298 valence electrons. The van der Waals surface area contributed by atoms with E-state index >= 15 is 0 Å². The highest BCUT2D eigenvalue weighted by Crippen LogP contribution is 2.40. The highest BCUT2D eigenvalue weighted by molar-refractivity contribution is 6.10. The molecule has 11 aromatic rings. The number of aromatic nitrogens is 9. The van der Waals surface area contributed by atoms with Crippen LogP contribution in [0.25, 0.3) is 107 Å². The molecule has 63 heavy (non-hydrogen) atoms. The van der Waals surface area contributed by atoms with Gasteiger partial charge in [0, 0.05) is 49.7 Å². The third kappa shape index (κ3) is 7.17. The van der Waals surface area contributed by atoms with Crippen molar-refractivity contribution >= 4 is 21.8 Å². The summed E-state index contributed by atoms with van der Waals surface area (Å²) in [7, 11) is 0. The van der Waals surface area contributed by atoms with E-state index in [9.17, 15) is 0 Å². The Hall–Kier alpha value is -8.56. The van der Waals surface area contributed by atoms with Gasteiger partial charge in [-0.3, -0.25) is 0 Å². The second kappa shape index (κ2) is 15.8. The average Bonchev–Trinajstić information content (AvgIpc) is 3.68. The summed E-state index contributed by atoms with van der Waals surface area (Å²) < 4.78 is 2.32. The fourth-order valence-electron chi connectivity index (χ4n) is 8.19. The number of aryl methyl sites for hydroxylation is 2. The van der Waals surface area contributed by atoms with Gasteiger partial charge in [0.25, 0.3) is 0 Å². The van der Waals surface area contributed by atoms with Crippen molar-refractivity contribution < 1.29 is 0 Å². The number of para-hydroxylation sites is 1. The van der Waals surface area contributed by atoms with Crippen molar-refractivity contribution in [2.75, 3.05) is 0 Å². The number of nitrogens with zero attached hydrogens (tertiary/aromatic N) is 9. The van der Waals surface area contributed by atoms with E-state index in [0.717, 1.165) is 77.8 Å². The second-order valence-electron chi connectivity index (χ2n) is 15.3. The summed E-state index contributed by atoms with van der Waals surface area (Å²) in [5.41, 5.74) is 10.8. The van der Waals surface area contributed by atoms with Gasteiger partial charge in [-0.05, 0) is 50.2 Å². The molecule has 0 atom stereocenters. The number of fused-ring (bicyclic) bond motifs is 3. The minimum absolute atomic E-state index is 0.543. The molecule has 9 nitrogen and oxygen atoms in total. The van der Waals surface area contributed by atoms with Crippen LogP contribution in [-0.4, -0.2) is 44.4 Å². The SMILES string of the molecule is Cc1nc(C)nc(-c2ccc3c4ccccc4n(-c4ccc(-c5nc(-c6ccccc6)nc(-c6ccccc6)n5)cc4-c4cc(-c5ccccc5)nc(-c5ccccc5)n4)c3c2)n1. The van der Waals surface area contributed by atoms with E-state index in [-0.39, 0.29) is 0 Å². The van der Waals surface area contributed by atoms with E-state index < -0.39 is 0 Å². The zero-order chi connectivity index (χ0) is 42.3. The minimum Gasteiger partial charge on any atom is -0.309 e. The zero-order valence-corrected chi connectivity index (χ0v) is 34.4. The van der Waals surface area contributed by atoms with E-state index in [2.05, 4.69) is 88.4 Å². The first kappa shape index (κ1) is 37.4. The van der Waals surface area contributed by atoms with Gasteiger partial charge in [0.1, 0.15) is 11.6 Å². The summed E-state index contributed by atoms with van der Waals surface area (Å²) in [6, 6.07) is 63.9. The minimum atomic E-state index is 0.543. The van der Waals surface area contributed by atoms with Crippen LogP contribution in [0, 0.1) is 13.8 Å². The van der Waals surface area contributed by atoms with Gasteiger partial charge in [0.2, 0.25) is 0 Å². The molecule has 11 rings (SSSR count). The third-order valence-electron chi connectivity index (χ3n) is 11.1. The highest BCUT2D eigenvalue weighted by atomic mass is 15.0. The average molecular weight is 812 g/mol. The molecule has 0 N–H and O–H groups in total. The number of benzene rings is 7. The summed E-state index contributed by atoms with van der Waals surface area (Å²) in [4.78, 5) is 39.7. The maximum atomic E-state index is 5.38. The van der Waals surface area contributed by atoms with Crippen LogP contribution in [0.15, 0.2) is 188 Å². The van der Waals surface area contributed by atoms with Crippen LogP contribution in [0.3, 0.4) is 0 Å². The van der Waals surface area contributed by atoms with E-state index in [4.69, 9.17) is 34.9 Å². The van der Waals surface area contributed by atoms with E-state index in [1.165, 1.54) is 0 Å². The normalized spacial score (nSPS) is 11.3. The van der Waals surface area contributed by atoms with Crippen LogP contribution in [0.5, 0.6) is 0 Å². The van der Waals surface area contributed by atoms with Crippen molar-refractivity contribution in [2.45, 2.75) is 13.8 Å². The Bertz CT molecular complexity index is 3330. The lowest BCUT2D eigenvalue weighted by atomic mass is 10.0. The molecule has 4 heterocycles. The summed E-state index contributed by atoms with van der Waals surface area (Å²) in [6.07, 6.45) is 0. The molecular formula is C54H37N9. The Morgan fingerprint density at radius 1 is 0.302 bits per heavy atom. The van der Waals surface area contributed by atoms with E-state index in [1.54, 1.807) is 0 Å². The first-order valence-electron chi connectivity index (χ1n) is 20.8. The molecule has 4 aromatic heterocycles. The zero-order valence-electron chi connectivity index (χ0n) is 34.4. The Balaban J connectivity index is 1.21. The van der Waals surface area contributed by atoms with Crippen molar-refractivity contribution in [2.24, 2.45) is 0 Å². The Morgan fingerprint density at radius 2 is 0.746 bits per heavy atom. The summed E-state index contributed by atoms with van der Waals surface area (Å²) >= 11 is 0. The van der Waals surface area contributed by atoms with Gasteiger partial charge < -0.3 is 4.57 Å². The topological polar surface area (TPSA) is 108 Å². The van der Waals surface area contributed by atoms with Crippen molar-refractivity contribution in [3.8, 4) is 85.1 Å². The molecule has 0 aliphatic carbocycles. The fourth-order valence-corrected chi connectivity index (χ4v) is 8.19. The van der Waals surface area contributed by atoms with Gasteiger partial charge >= 0.3 is 0 Å². The second-order valence-corrected chi connectivity index (χ2v) is 15.3. The third-order valence-corrected chi connectivity index (χ3v) is 11.1. The van der Waals surface area contributed by atoms with Gasteiger partial charge in [-0.2, -0.15) is 0 Å². The largest absolute Gasteiger partial charge is 0.309 e. The fraction of sp³-hybridized carbons (Fsp3) is 0.0370. The van der Waals surface area contributed by atoms with Gasteiger partial charge in [0.05, 0.1) is 28.1 Å². The Morgan fingerprint density at radius 3 is 1.35 bits per heavy atom. The molecule has 7 aromatic carbocycles. The predicted octanol–water partition coefficient (Wildman–Crippen LogP) is 12.2. The summed E-state index contributed by atoms with van der Waals surface area (Å²) in [5.74, 6) is 4.31. The van der Waals surface area contributed by atoms with Crippen LogP contribution in [0.1, 0.15) is 11.6 Å². The molecule has 9 heteroatoms. The van der Waals surface area contributed by atoms with Crippen molar-refractivity contribution in [1.29, 1.82) is 0 Å². The van der Waals surface area contributed by atoms with Gasteiger partial charge in [0.15, 0.2) is 29.1 Å². The van der Waals surface area contributed by atoms with Gasteiger partial charge in [-0.1, -0.05) is 152 Å². The van der Waals surface area contributed by atoms with Crippen LogP contribution in [-0.2, 0) is 0 Å². The molecule has 0 saturated carbocycles. The lowest BCUT2D eigenvalue weighted by Gasteiger charge is -2.17. The summed E-state index contributed by atoms with van der Waals surface area (Å²) in [5, 5.41) is 2.22. The maximum absolute atomic E-state index is 5.38. The summed E-state index contributed by atoms with van der Waals surface area (Å²) in [6.45, 7) is 3.80. The van der Waals surface area contributed by atoms with Crippen LogP contribution >= 0.6 is 0 Å². The molecule has 0 fully saturated rings. The van der Waals surface area contributed by atoms with Gasteiger partial charge in [-0.25, -0.2) is 39.9 Å². The van der Waals surface area contributed by atoms with Crippen molar-refractivity contribution in [3.63, 3.8) is 0 Å². The lowest BCUT2D eigenvalue weighted by molar-refractivity contribution is 0.928. The molecule has 0 aliphatic heterocycles. The van der Waals surface area contributed by atoms with Gasteiger partial charge in [-0.15, -0.1) is 0 Å². The quantitative estimate of drug-likeness (QED) is 0.149. The van der Waals surface area contributed by atoms with E-state index in [0.29, 0.717) is 40.8 Å². The predicted molar refractivity (Wildman–Crippen MR) is 251 cm³/mol. The molecule has 0 bridgehead atoms. The van der Waals surface area contributed by atoms with Crippen molar-refractivity contribution in [3.05, 3.63) is 200 Å². The monoisotopic (exact) mass is 811 g/mol. The van der Waals surface area contributed by atoms with Crippen molar-refractivity contribution in [1.82, 2.24) is 44.4 Å². The first-order valence-corrected chi connectivity index (χ1v) is 20.8. The first-order chi connectivity index (χ1) is 31.0. The molecule has 0 aliphatic rings. The molecule has 0 unspecified atom stereocenters. The lowest BCUT2D eigenvalue weighted by Crippen LogP contribution is -2.03. The smallest absolute Gasteiger partial charge is 0.164 e. The molecule has 0 spiro atoms. The van der Waals surface area contributed by atoms with Crippen LogP contribution < -0.4 is 0 Å².